The van der Waals surface area contributed by atoms with Crippen LogP contribution >= 0.6 is 0 Å². The Bertz CT molecular complexity index is 4280. The molecule has 0 aromatic heterocycles. The molecular weight excluding hydrogens is 1470 g/mol. The summed E-state index contributed by atoms with van der Waals surface area (Å²) in [6.07, 6.45) is -1.76. The minimum atomic E-state index is -2.87. The Morgan fingerprint density at radius 2 is 0.616 bits per heavy atom. The highest BCUT2D eigenvalue weighted by Crippen LogP contribution is 2.30. The second kappa shape index (κ2) is 49.8. The number of ether oxygens (including phenoxy) is 16. The molecule has 9 aromatic carbocycles. The summed E-state index contributed by atoms with van der Waals surface area (Å²) < 4.78 is 130. The monoisotopic (exact) mass is 1560 g/mol. The second-order valence-corrected chi connectivity index (χ2v) is 23.9. The number of phenolic OH excluding ortho intramolecular Hbond substituents is 1. The Morgan fingerprint density at radius 3 is 0.902 bits per heavy atom. The molecule has 9 aromatic rings. The molecule has 28 heteroatoms. The van der Waals surface area contributed by atoms with E-state index >= 15 is 0 Å². The van der Waals surface area contributed by atoms with Gasteiger partial charge in [-0.2, -0.15) is 17.6 Å². The maximum atomic E-state index is 12.1. The highest BCUT2D eigenvalue weighted by atomic mass is 19.3. The van der Waals surface area contributed by atoms with E-state index in [1.165, 1.54) is 79.0 Å². The molecule has 0 spiro atoms. The molecular formula is C84H93F4NO23. The number of phenols is 1. The Morgan fingerprint density at radius 1 is 0.348 bits per heavy atom. The SMILES string of the molecule is CNC(=O)c1cc(OC)cc(O[C@@H](C)COC(F)F)c1.COC(=O)c1cc(O)cc(OCc2ccccc2)c1.COC(=O)c1cc(OCc2ccccc2)cc(O[C@@H](C)CO)c1.COC(=O)c1cc(OCc2ccccc2)cc(O[C@@H](C)COC(F)F)c1.COC[C@H](C)Oc1cc(OCc2ccccc2)cc(C(=O)OC)c1. The first kappa shape index (κ1) is 90.5. The van der Waals surface area contributed by atoms with Crippen LogP contribution in [0.1, 0.15) is 102 Å². The van der Waals surface area contributed by atoms with Gasteiger partial charge >= 0.3 is 37.1 Å². The summed E-state index contributed by atoms with van der Waals surface area (Å²) in [7, 11) is 9.78. The van der Waals surface area contributed by atoms with Crippen molar-refractivity contribution in [3.8, 4) is 57.5 Å². The number of esters is 4. The molecule has 0 saturated carbocycles. The number of methoxy groups -OCH3 is 6. The number of carbonyl (C=O) groups excluding carboxylic acids is 5. The van der Waals surface area contributed by atoms with Gasteiger partial charge in [-0.05, 0) is 111 Å². The summed E-state index contributed by atoms with van der Waals surface area (Å²) in [6, 6.07) is 62.0. The van der Waals surface area contributed by atoms with Gasteiger partial charge in [-0.15, -0.1) is 0 Å². The average molecular weight is 1560 g/mol. The van der Waals surface area contributed by atoms with Crippen molar-refractivity contribution in [3.05, 3.63) is 262 Å². The normalized spacial score (nSPS) is 11.5. The van der Waals surface area contributed by atoms with Gasteiger partial charge in [-0.3, -0.25) is 4.79 Å². The zero-order valence-electron chi connectivity index (χ0n) is 63.8. The molecule has 24 nitrogen and oxygen atoms in total. The fourth-order valence-corrected chi connectivity index (χ4v) is 9.50. The first-order valence-corrected chi connectivity index (χ1v) is 34.6. The summed E-state index contributed by atoms with van der Waals surface area (Å²) in [5, 5.41) is 21.1. The number of aliphatic hydroxyl groups is 1. The predicted octanol–water partition coefficient (Wildman–Crippen LogP) is 15.2. The summed E-state index contributed by atoms with van der Waals surface area (Å²) in [6.45, 7) is 2.29. The zero-order chi connectivity index (χ0) is 81.7. The van der Waals surface area contributed by atoms with E-state index in [1.54, 1.807) is 82.5 Å². The zero-order valence-corrected chi connectivity index (χ0v) is 63.8. The highest BCUT2D eigenvalue weighted by molar-refractivity contribution is 5.95. The van der Waals surface area contributed by atoms with Crippen molar-refractivity contribution in [1.82, 2.24) is 5.32 Å². The van der Waals surface area contributed by atoms with Gasteiger partial charge in [0.25, 0.3) is 5.91 Å². The number of hydrogen-bond donors (Lipinski definition) is 3. The van der Waals surface area contributed by atoms with Crippen molar-refractivity contribution in [2.45, 2.75) is 91.8 Å². The van der Waals surface area contributed by atoms with Crippen LogP contribution in [0.5, 0.6) is 57.5 Å². The van der Waals surface area contributed by atoms with Gasteiger partial charge in [0.15, 0.2) is 0 Å². The number of nitrogens with one attached hydrogen (secondary N) is 1. The van der Waals surface area contributed by atoms with Crippen molar-refractivity contribution >= 4 is 29.8 Å². The number of alkyl halides is 4. The molecule has 600 valence electrons. The number of amides is 1. The van der Waals surface area contributed by atoms with Gasteiger partial charge in [-0.25, -0.2) is 19.2 Å². The quantitative estimate of drug-likeness (QED) is 0.0189. The molecule has 112 heavy (non-hydrogen) atoms. The average Bonchev–Trinajstić information content (AvgIpc) is 0.866. The van der Waals surface area contributed by atoms with Gasteiger partial charge in [0, 0.05) is 50.1 Å². The third-order valence-corrected chi connectivity index (χ3v) is 14.7. The number of hydrogen-bond acceptors (Lipinski definition) is 23. The second-order valence-electron chi connectivity index (χ2n) is 23.9. The van der Waals surface area contributed by atoms with Crippen LogP contribution < -0.4 is 47.9 Å². The van der Waals surface area contributed by atoms with Crippen LogP contribution in [0.25, 0.3) is 0 Å². The van der Waals surface area contributed by atoms with Crippen molar-refractivity contribution < 1.29 is 128 Å². The Kier molecular flexibility index (Phi) is 40.3. The number of halogens is 4. The number of benzene rings is 9. The first-order valence-electron chi connectivity index (χ1n) is 34.6. The summed E-state index contributed by atoms with van der Waals surface area (Å²) in [5.74, 6) is 1.58. The molecule has 0 aliphatic rings. The third-order valence-electron chi connectivity index (χ3n) is 14.7. The van der Waals surface area contributed by atoms with Gasteiger partial charge in [-0.1, -0.05) is 121 Å². The summed E-state index contributed by atoms with van der Waals surface area (Å²) in [5.41, 5.74) is 5.56. The van der Waals surface area contributed by atoms with Crippen LogP contribution in [0.15, 0.2) is 212 Å². The van der Waals surface area contributed by atoms with E-state index in [2.05, 4.69) is 19.5 Å². The molecule has 0 aliphatic carbocycles. The summed E-state index contributed by atoms with van der Waals surface area (Å²) in [4.78, 5) is 58.4. The lowest BCUT2D eigenvalue weighted by Gasteiger charge is -2.16. The highest BCUT2D eigenvalue weighted by Gasteiger charge is 2.19. The molecule has 0 aliphatic heterocycles. The lowest BCUT2D eigenvalue weighted by molar-refractivity contribution is -0.143. The molecule has 0 fully saturated rings. The van der Waals surface area contributed by atoms with E-state index in [9.17, 15) is 46.6 Å². The third kappa shape index (κ3) is 34.6. The standard InChI is InChI=1S/C19H20F2O5.C19H22O5.C18H20O5.C15H14O4.C13H17F2NO4/c1-13(11-25-19(20)21)26-17-9-15(18(22)23-2)8-16(10-17)24-12-14-6-4-3-5-7-14;1-14(12-21-2)24-18-10-16(19(20)22-3)9-17(11-18)23-13-15-7-5-4-6-8-15;1-13(11-19)23-17-9-15(18(20)21-2)8-16(10-17)22-12-14-6-4-3-5-7-14;1-18-15(17)12-7-13(16)9-14(8-12)19-10-11-5-3-2-4-6-11;1-8(7-19-13(14)15)20-11-5-9(12(17)16-2)4-10(6-11)18-3/h3-10,13,19H,11-12H2,1-2H3;4-11,14H,12-13H2,1-3H3;3-10,13,19H,11-12H2,1-2H3;2-9,16H,10H2,1H3;4-6,8,13H,7H2,1-3H3,(H,16,17)/t13-;14-;13-;;8-/m000.0/s1. The Labute approximate surface area is 647 Å². The van der Waals surface area contributed by atoms with Gasteiger partial charge in [0.05, 0.1) is 84.2 Å². The fourth-order valence-electron chi connectivity index (χ4n) is 9.50. The lowest BCUT2D eigenvalue weighted by Crippen LogP contribution is -2.21. The molecule has 1 amide bonds. The van der Waals surface area contributed by atoms with Crippen LogP contribution in [0.3, 0.4) is 0 Å². The Hall–Kier alpha value is -12.1. The van der Waals surface area contributed by atoms with Crippen LogP contribution in [-0.2, 0) is 59.6 Å². The fraction of sp³-hybridized carbons (Fsp3) is 0.298. The molecule has 0 radical (unpaired) electrons. The van der Waals surface area contributed by atoms with E-state index < -0.39 is 49.3 Å². The molecule has 0 bridgehead atoms. The topological polar surface area (TPSA) is 286 Å². The van der Waals surface area contributed by atoms with E-state index in [4.69, 9.17) is 66.7 Å². The maximum absolute atomic E-state index is 12.1. The largest absolute Gasteiger partial charge is 0.508 e. The van der Waals surface area contributed by atoms with Crippen molar-refractivity contribution in [3.63, 3.8) is 0 Å². The minimum absolute atomic E-state index is 0.0361. The summed E-state index contributed by atoms with van der Waals surface area (Å²) >= 11 is 0. The van der Waals surface area contributed by atoms with Gasteiger partial charge in [0.2, 0.25) is 0 Å². The lowest BCUT2D eigenvalue weighted by atomic mass is 10.2. The van der Waals surface area contributed by atoms with Crippen molar-refractivity contribution in [2.24, 2.45) is 0 Å². The number of rotatable bonds is 35. The van der Waals surface area contributed by atoms with E-state index in [-0.39, 0.29) is 54.8 Å². The minimum Gasteiger partial charge on any atom is -0.508 e. The van der Waals surface area contributed by atoms with Crippen LogP contribution in [0, 0.1) is 0 Å². The predicted molar refractivity (Wildman–Crippen MR) is 406 cm³/mol. The molecule has 9 rings (SSSR count). The first-order chi connectivity index (χ1) is 53.9. The van der Waals surface area contributed by atoms with E-state index in [0.717, 1.165) is 22.3 Å². The van der Waals surface area contributed by atoms with E-state index in [0.29, 0.717) is 101 Å². The molecule has 0 unspecified atom stereocenters. The maximum Gasteiger partial charge on any atom is 0.345 e. The van der Waals surface area contributed by atoms with Crippen LogP contribution in [0.4, 0.5) is 17.6 Å². The number of aromatic hydroxyl groups is 1. The molecule has 4 atom stereocenters. The molecule has 0 heterocycles. The molecule has 3 N–H and O–H groups in total. The van der Waals surface area contributed by atoms with Gasteiger partial charge < -0.3 is 91.3 Å². The number of aliphatic hydroxyl groups excluding tert-OH is 1. The number of carbonyl (C=O) groups is 5. The van der Waals surface area contributed by atoms with E-state index in [1.807, 2.05) is 128 Å². The van der Waals surface area contributed by atoms with Crippen molar-refractivity contribution in [1.29, 1.82) is 0 Å². The van der Waals surface area contributed by atoms with Gasteiger partial charge in [0.1, 0.15) is 108 Å². The van der Waals surface area contributed by atoms with Crippen LogP contribution in [-0.4, -0.2) is 154 Å². The molecule has 0 saturated heterocycles. The van der Waals surface area contributed by atoms with Crippen LogP contribution in [0.2, 0.25) is 0 Å². The van der Waals surface area contributed by atoms with Crippen molar-refractivity contribution in [2.75, 3.05) is 76.1 Å². The smallest absolute Gasteiger partial charge is 0.345 e. The Balaban J connectivity index is 0.000000251.